The molecule has 0 radical (unpaired) electrons. The molecule has 19 heavy (non-hydrogen) atoms. The van der Waals surface area contributed by atoms with E-state index in [4.69, 9.17) is 9.52 Å². The van der Waals surface area contributed by atoms with E-state index in [0.29, 0.717) is 17.1 Å². The number of hydrogen-bond acceptors (Lipinski definition) is 7. The maximum atomic E-state index is 10.9. The molecule has 2 heterocycles. The van der Waals surface area contributed by atoms with E-state index in [9.17, 15) is 4.79 Å². The molecular weight excluding hydrogens is 286 g/mol. The Bertz CT molecular complexity index is 592. The molecular formula is C11H13N3O3S2. The molecule has 0 saturated heterocycles. The maximum Gasteiger partial charge on any atom is 0.372 e. The van der Waals surface area contributed by atoms with Gasteiger partial charge in [0.05, 0.1) is 5.75 Å². The molecule has 0 aliphatic carbocycles. The molecule has 0 bridgehead atoms. The van der Waals surface area contributed by atoms with E-state index < -0.39 is 5.97 Å². The van der Waals surface area contributed by atoms with Crippen LogP contribution in [0.5, 0.6) is 0 Å². The third-order valence-corrected chi connectivity index (χ3v) is 4.53. The third kappa shape index (κ3) is 3.27. The molecule has 0 fully saturated rings. The summed E-state index contributed by atoms with van der Waals surface area (Å²) in [5.74, 6) is 0.124. The van der Waals surface area contributed by atoms with Crippen molar-refractivity contribution in [3.8, 4) is 0 Å². The topological polar surface area (TPSA) is 79.5 Å². The van der Waals surface area contributed by atoms with Gasteiger partial charge in [-0.15, -0.1) is 10.2 Å². The van der Waals surface area contributed by atoms with E-state index in [2.05, 4.69) is 10.2 Å². The van der Waals surface area contributed by atoms with Gasteiger partial charge in [-0.1, -0.05) is 23.1 Å². The van der Waals surface area contributed by atoms with Crippen molar-refractivity contribution in [2.45, 2.75) is 17.0 Å². The Morgan fingerprint density at radius 1 is 1.53 bits per heavy atom. The lowest BCUT2D eigenvalue weighted by Crippen LogP contribution is -2.07. The predicted molar refractivity (Wildman–Crippen MR) is 74.2 cm³/mol. The number of carboxylic acid groups (broad SMARTS) is 1. The van der Waals surface area contributed by atoms with Crippen LogP contribution in [-0.4, -0.2) is 35.4 Å². The SMILES string of the molecule is Cc1cc(CSc2nnc(N(C)C)s2)oc1C(=O)O. The van der Waals surface area contributed by atoms with Crippen LogP contribution in [0, 0.1) is 6.92 Å². The average Bonchev–Trinajstić information content (AvgIpc) is 2.92. The van der Waals surface area contributed by atoms with Crippen LogP contribution in [0.2, 0.25) is 0 Å². The highest BCUT2D eigenvalue weighted by molar-refractivity contribution is 8.00. The van der Waals surface area contributed by atoms with Crippen LogP contribution in [0.3, 0.4) is 0 Å². The molecule has 102 valence electrons. The third-order valence-electron chi connectivity index (χ3n) is 2.28. The van der Waals surface area contributed by atoms with Crippen molar-refractivity contribution >= 4 is 34.2 Å². The first-order valence-electron chi connectivity index (χ1n) is 5.43. The average molecular weight is 299 g/mol. The second kappa shape index (κ2) is 5.62. The zero-order valence-corrected chi connectivity index (χ0v) is 12.3. The fourth-order valence-corrected chi connectivity index (χ4v) is 3.05. The number of anilines is 1. The number of carboxylic acids is 1. The molecule has 0 aliphatic rings. The molecule has 2 aromatic rings. The first kappa shape index (κ1) is 13.9. The lowest BCUT2D eigenvalue weighted by atomic mass is 10.3. The molecule has 2 rings (SSSR count). The Kier molecular flexibility index (Phi) is 4.11. The number of aromatic nitrogens is 2. The second-order valence-electron chi connectivity index (χ2n) is 4.06. The highest BCUT2D eigenvalue weighted by Crippen LogP contribution is 2.30. The van der Waals surface area contributed by atoms with Gasteiger partial charge in [0.25, 0.3) is 0 Å². The largest absolute Gasteiger partial charge is 0.475 e. The Balaban J connectivity index is 2.02. The van der Waals surface area contributed by atoms with Crippen molar-refractivity contribution in [3.63, 3.8) is 0 Å². The highest BCUT2D eigenvalue weighted by Gasteiger charge is 2.15. The Morgan fingerprint density at radius 2 is 2.26 bits per heavy atom. The van der Waals surface area contributed by atoms with E-state index in [1.807, 2.05) is 19.0 Å². The summed E-state index contributed by atoms with van der Waals surface area (Å²) in [4.78, 5) is 12.8. The van der Waals surface area contributed by atoms with E-state index in [-0.39, 0.29) is 5.76 Å². The van der Waals surface area contributed by atoms with Crippen LogP contribution in [-0.2, 0) is 5.75 Å². The summed E-state index contributed by atoms with van der Waals surface area (Å²) < 4.78 is 6.11. The van der Waals surface area contributed by atoms with E-state index in [0.717, 1.165) is 9.47 Å². The predicted octanol–water partition coefficient (Wildman–Crippen LogP) is 2.50. The number of nitrogens with zero attached hydrogens (tertiary/aromatic N) is 3. The van der Waals surface area contributed by atoms with Crippen LogP contribution < -0.4 is 4.90 Å². The van der Waals surface area contributed by atoms with Crippen LogP contribution in [0.1, 0.15) is 21.9 Å². The van der Waals surface area contributed by atoms with E-state index in [1.54, 1.807) is 13.0 Å². The summed E-state index contributed by atoms with van der Waals surface area (Å²) >= 11 is 2.96. The van der Waals surface area contributed by atoms with Gasteiger partial charge in [0, 0.05) is 19.7 Å². The summed E-state index contributed by atoms with van der Waals surface area (Å²) in [6.07, 6.45) is 0. The van der Waals surface area contributed by atoms with Crippen molar-refractivity contribution in [1.82, 2.24) is 10.2 Å². The second-order valence-corrected chi connectivity index (χ2v) is 6.24. The molecule has 0 spiro atoms. The Labute approximate surface area is 118 Å². The standard InChI is InChI=1S/C11H13N3O3S2/c1-6-4-7(17-8(6)9(15)16)5-18-11-13-12-10(19-11)14(2)3/h4H,5H2,1-3H3,(H,15,16). The molecule has 0 atom stereocenters. The number of thioether (sulfide) groups is 1. The van der Waals surface area contributed by atoms with Crippen LogP contribution >= 0.6 is 23.1 Å². The smallest absolute Gasteiger partial charge is 0.372 e. The quantitative estimate of drug-likeness (QED) is 0.850. The number of aromatic carboxylic acids is 1. The van der Waals surface area contributed by atoms with Crippen LogP contribution in [0.25, 0.3) is 0 Å². The number of hydrogen-bond donors (Lipinski definition) is 1. The fourth-order valence-electron chi connectivity index (χ4n) is 1.41. The molecule has 1 N–H and O–H groups in total. The van der Waals surface area contributed by atoms with Gasteiger partial charge in [-0.2, -0.15) is 0 Å². The number of rotatable bonds is 5. The summed E-state index contributed by atoms with van der Waals surface area (Å²) in [6, 6.07) is 1.74. The van der Waals surface area contributed by atoms with Gasteiger partial charge in [0.15, 0.2) is 4.34 Å². The summed E-state index contributed by atoms with van der Waals surface area (Å²) in [7, 11) is 3.81. The van der Waals surface area contributed by atoms with Gasteiger partial charge >= 0.3 is 5.97 Å². The number of carbonyl (C=O) groups is 1. The minimum Gasteiger partial charge on any atom is -0.475 e. The lowest BCUT2D eigenvalue weighted by molar-refractivity contribution is 0.0659. The van der Waals surface area contributed by atoms with Crippen molar-refractivity contribution in [3.05, 3.63) is 23.2 Å². The van der Waals surface area contributed by atoms with Crippen molar-refractivity contribution in [2.75, 3.05) is 19.0 Å². The fraction of sp³-hybridized carbons (Fsp3) is 0.364. The Hall–Kier alpha value is -1.54. The zero-order valence-electron chi connectivity index (χ0n) is 10.7. The molecule has 6 nitrogen and oxygen atoms in total. The monoisotopic (exact) mass is 299 g/mol. The van der Waals surface area contributed by atoms with Gasteiger partial charge in [-0.3, -0.25) is 0 Å². The van der Waals surface area contributed by atoms with E-state index >= 15 is 0 Å². The van der Waals surface area contributed by atoms with Gasteiger partial charge in [0.1, 0.15) is 5.76 Å². The molecule has 8 heteroatoms. The van der Waals surface area contributed by atoms with Crippen molar-refractivity contribution < 1.29 is 14.3 Å². The maximum absolute atomic E-state index is 10.9. The minimum atomic E-state index is -1.04. The van der Waals surface area contributed by atoms with Crippen LogP contribution in [0.15, 0.2) is 14.8 Å². The first-order chi connectivity index (χ1) is 8.97. The molecule has 0 saturated carbocycles. The lowest BCUT2D eigenvalue weighted by Gasteiger charge is -2.03. The molecule has 0 unspecified atom stereocenters. The minimum absolute atomic E-state index is 0.00171. The molecule has 2 aromatic heterocycles. The molecule has 0 aromatic carbocycles. The molecule has 0 aliphatic heterocycles. The van der Waals surface area contributed by atoms with Crippen LogP contribution in [0.4, 0.5) is 5.13 Å². The summed E-state index contributed by atoms with van der Waals surface area (Å²) in [5, 5.41) is 17.8. The molecule has 0 amide bonds. The van der Waals surface area contributed by atoms with Gasteiger partial charge in [0.2, 0.25) is 10.9 Å². The summed E-state index contributed by atoms with van der Waals surface area (Å²) in [6.45, 7) is 1.72. The zero-order chi connectivity index (χ0) is 14.0. The number of furan rings is 1. The first-order valence-corrected chi connectivity index (χ1v) is 7.24. The normalized spacial score (nSPS) is 10.7. The van der Waals surface area contributed by atoms with Gasteiger partial charge < -0.3 is 14.4 Å². The van der Waals surface area contributed by atoms with E-state index in [1.165, 1.54) is 23.1 Å². The Morgan fingerprint density at radius 3 is 2.79 bits per heavy atom. The summed E-state index contributed by atoms with van der Waals surface area (Å²) in [5.41, 5.74) is 0.634. The van der Waals surface area contributed by atoms with Crippen molar-refractivity contribution in [1.29, 1.82) is 0 Å². The highest BCUT2D eigenvalue weighted by atomic mass is 32.2. The number of aryl methyl sites for hydroxylation is 1. The van der Waals surface area contributed by atoms with Gasteiger partial charge in [-0.25, -0.2) is 4.79 Å². The van der Waals surface area contributed by atoms with Gasteiger partial charge in [-0.05, 0) is 13.0 Å². The van der Waals surface area contributed by atoms with Crippen molar-refractivity contribution in [2.24, 2.45) is 0 Å².